The van der Waals surface area contributed by atoms with Gasteiger partial charge in [0.25, 0.3) is 0 Å². The smallest absolute Gasteiger partial charge is 0.160 e. The summed E-state index contributed by atoms with van der Waals surface area (Å²) in [6.07, 6.45) is 0. The van der Waals surface area contributed by atoms with Crippen molar-refractivity contribution in [1.82, 2.24) is 18.3 Å². The standard InChI is InChI=1S/C74H42N6O/c75-43-58-69(77-60-33-13-6-25-48(60)49-26-7-14-34-61(49)77)59(44-76)71(79-64-37-17-10-29-52(64)53-30-11-18-38-65(53)79)73(70(58)78-62-35-15-8-27-50(62)51-28-9-16-36-63(51)78)80-66-39-20-32-55(47-24-5-4-23-46(47)45-21-2-1-3-22-45)68(66)57-42-41-56-54-31-12-19-40-67(54)81-74(56)72(57)80/h1-42H. The van der Waals surface area contributed by atoms with Gasteiger partial charge in [-0.15, -0.1) is 0 Å². The SMILES string of the molecule is N#Cc1c(-n2c3ccccc3c3ccccc32)c(C#N)c(-n2c3ccccc3c3ccccc32)c(-n2c3cccc(-c4ccccc4-c4ccccc4)c3c3ccc4c5ccccc5oc4c32)c1-n1c2ccccc2c2ccccc21. The van der Waals surface area contributed by atoms with Crippen molar-refractivity contribution in [1.29, 1.82) is 10.5 Å². The van der Waals surface area contributed by atoms with Crippen LogP contribution in [-0.4, -0.2) is 18.3 Å². The molecule has 0 N–H and O–H groups in total. The molecular weight excluding hydrogens is 989 g/mol. The molecule has 5 heterocycles. The van der Waals surface area contributed by atoms with Crippen molar-refractivity contribution in [3.05, 3.63) is 266 Å². The summed E-state index contributed by atoms with van der Waals surface area (Å²) >= 11 is 0. The fraction of sp³-hybridized carbons (Fsp3) is 0. The Kier molecular flexibility index (Phi) is 9.42. The number of fused-ring (bicyclic) bond motifs is 16. The van der Waals surface area contributed by atoms with Crippen LogP contribution in [-0.2, 0) is 0 Å². The Morgan fingerprint density at radius 3 is 1.15 bits per heavy atom. The first-order valence-corrected chi connectivity index (χ1v) is 27.2. The van der Waals surface area contributed by atoms with E-state index in [4.69, 9.17) is 4.42 Å². The predicted molar refractivity (Wildman–Crippen MR) is 331 cm³/mol. The summed E-state index contributed by atoms with van der Waals surface area (Å²) < 4.78 is 16.4. The average molecular weight is 1030 g/mol. The van der Waals surface area contributed by atoms with Crippen molar-refractivity contribution in [2.24, 2.45) is 0 Å². The van der Waals surface area contributed by atoms with Gasteiger partial charge in [0.05, 0.1) is 66.9 Å². The van der Waals surface area contributed by atoms with E-state index in [2.05, 4.69) is 261 Å². The van der Waals surface area contributed by atoms with Gasteiger partial charge in [-0.25, -0.2) is 0 Å². The van der Waals surface area contributed by atoms with Gasteiger partial charge >= 0.3 is 0 Å². The highest BCUT2D eigenvalue weighted by Gasteiger charge is 2.35. The number of para-hydroxylation sites is 7. The molecule has 0 spiro atoms. The third kappa shape index (κ3) is 6.09. The second-order valence-electron chi connectivity index (χ2n) is 20.9. The van der Waals surface area contributed by atoms with Gasteiger partial charge < -0.3 is 22.7 Å². The van der Waals surface area contributed by atoms with Crippen LogP contribution in [0.1, 0.15) is 11.1 Å². The fourth-order valence-corrected chi connectivity index (χ4v) is 13.6. The molecule has 0 saturated heterocycles. The third-order valence-electron chi connectivity index (χ3n) is 16.9. The predicted octanol–water partition coefficient (Wildman–Crippen LogP) is 19.1. The Labute approximate surface area is 463 Å². The number of furan rings is 1. The molecule has 0 radical (unpaired) electrons. The first-order valence-electron chi connectivity index (χ1n) is 27.2. The van der Waals surface area contributed by atoms with E-state index in [1.54, 1.807) is 0 Å². The van der Waals surface area contributed by atoms with Crippen LogP contribution in [0, 0.1) is 22.7 Å². The molecule has 0 atom stereocenters. The molecule has 0 unspecified atom stereocenters. The van der Waals surface area contributed by atoms with Crippen molar-refractivity contribution in [3.8, 4) is 57.1 Å². The van der Waals surface area contributed by atoms with Gasteiger partial charge in [0.15, 0.2) is 5.58 Å². The van der Waals surface area contributed by atoms with Gasteiger partial charge in [-0.1, -0.05) is 200 Å². The minimum Gasteiger partial charge on any atom is -0.454 e. The molecule has 0 amide bonds. The first kappa shape index (κ1) is 44.7. The monoisotopic (exact) mass is 1030 g/mol. The molecule has 7 nitrogen and oxygen atoms in total. The minimum atomic E-state index is 0.335. The average Bonchev–Trinajstić information content (AvgIpc) is 3.34. The molecule has 0 saturated carbocycles. The number of aromatic nitrogens is 4. The van der Waals surface area contributed by atoms with Gasteiger partial charge in [0, 0.05) is 53.9 Å². The van der Waals surface area contributed by atoms with Gasteiger partial charge in [-0.2, -0.15) is 10.5 Å². The molecule has 17 rings (SSSR count). The molecule has 0 aliphatic carbocycles. The summed E-state index contributed by atoms with van der Waals surface area (Å²) in [5.74, 6) is 0. The van der Waals surface area contributed by atoms with E-state index >= 15 is 0 Å². The minimum absolute atomic E-state index is 0.335. The maximum Gasteiger partial charge on any atom is 0.160 e. The lowest BCUT2D eigenvalue weighted by Gasteiger charge is -2.27. The molecular formula is C74H42N6O. The summed E-state index contributed by atoms with van der Waals surface area (Å²) in [5, 5.41) is 35.5. The fourth-order valence-electron chi connectivity index (χ4n) is 13.6. The van der Waals surface area contributed by atoms with E-state index in [1.807, 2.05) is 24.3 Å². The van der Waals surface area contributed by atoms with Crippen LogP contribution in [0.2, 0.25) is 0 Å². The van der Waals surface area contributed by atoms with Crippen LogP contribution in [0.4, 0.5) is 0 Å². The lowest BCUT2D eigenvalue weighted by atomic mass is 9.92. The van der Waals surface area contributed by atoms with E-state index < -0.39 is 0 Å². The zero-order valence-electron chi connectivity index (χ0n) is 43.3. The number of hydrogen-bond donors (Lipinski definition) is 0. The van der Waals surface area contributed by atoms with Crippen molar-refractivity contribution in [3.63, 3.8) is 0 Å². The largest absolute Gasteiger partial charge is 0.454 e. The lowest BCUT2D eigenvalue weighted by molar-refractivity contribution is 0.671. The molecule has 7 heteroatoms. The molecule has 12 aromatic carbocycles. The normalized spacial score (nSPS) is 11.9. The number of nitriles is 2. The molecule has 0 bridgehead atoms. The number of nitrogens with zero attached hydrogens (tertiary/aromatic N) is 6. The van der Waals surface area contributed by atoms with E-state index in [0.717, 1.165) is 126 Å². The van der Waals surface area contributed by atoms with E-state index in [9.17, 15) is 10.5 Å². The molecule has 0 aliphatic rings. The summed E-state index contributed by atoms with van der Waals surface area (Å²) in [5.41, 5.74) is 15.9. The van der Waals surface area contributed by atoms with Crippen molar-refractivity contribution in [2.45, 2.75) is 0 Å². The lowest BCUT2D eigenvalue weighted by Crippen LogP contribution is -2.17. The van der Waals surface area contributed by atoms with Crippen LogP contribution in [0.3, 0.4) is 0 Å². The second kappa shape index (κ2) is 17.1. The molecule has 5 aromatic heterocycles. The Hall–Kier alpha value is -11.4. The number of hydrogen-bond acceptors (Lipinski definition) is 3. The highest BCUT2D eigenvalue weighted by Crippen LogP contribution is 2.52. The van der Waals surface area contributed by atoms with Crippen LogP contribution in [0.25, 0.3) is 154 Å². The zero-order chi connectivity index (χ0) is 53.4. The van der Waals surface area contributed by atoms with Gasteiger partial charge in [-0.05, 0) is 76.9 Å². The summed E-state index contributed by atoms with van der Waals surface area (Å²) in [4.78, 5) is 0. The molecule has 374 valence electrons. The Morgan fingerprint density at radius 2 is 0.654 bits per heavy atom. The number of rotatable bonds is 6. The van der Waals surface area contributed by atoms with E-state index in [0.29, 0.717) is 39.5 Å². The van der Waals surface area contributed by atoms with Crippen molar-refractivity contribution >= 4 is 109 Å². The second-order valence-corrected chi connectivity index (χ2v) is 20.9. The Balaban J connectivity index is 1.20. The number of benzene rings is 12. The van der Waals surface area contributed by atoms with E-state index in [-0.39, 0.29) is 0 Å². The summed E-state index contributed by atoms with van der Waals surface area (Å²) in [7, 11) is 0. The zero-order valence-corrected chi connectivity index (χ0v) is 43.3. The van der Waals surface area contributed by atoms with Crippen LogP contribution >= 0.6 is 0 Å². The van der Waals surface area contributed by atoms with Gasteiger partial charge in [0.1, 0.15) is 28.8 Å². The molecule has 0 aliphatic heterocycles. The summed E-state index contributed by atoms with van der Waals surface area (Å²) in [6, 6.07) is 94.8. The van der Waals surface area contributed by atoms with E-state index in [1.165, 1.54) is 0 Å². The maximum absolute atomic E-state index is 12.7. The topological polar surface area (TPSA) is 80.4 Å². The maximum atomic E-state index is 12.7. The molecule has 17 aromatic rings. The van der Waals surface area contributed by atoms with Crippen LogP contribution in [0.5, 0.6) is 0 Å². The Bertz CT molecular complexity index is 5320. The van der Waals surface area contributed by atoms with Crippen LogP contribution in [0.15, 0.2) is 259 Å². The van der Waals surface area contributed by atoms with Gasteiger partial charge in [-0.3, -0.25) is 0 Å². The molecule has 0 fully saturated rings. The Morgan fingerprint density at radius 1 is 0.272 bits per heavy atom. The molecule has 81 heavy (non-hydrogen) atoms. The van der Waals surface area contributed by atoms with Crippen molar-refractivity contribution in [2.75, 3.05) is 0 Å². The first-order chi connectivity index (χ1) is 40.2. The highest BCUT2D eigenvalue weighted by atomic mass is 16.3. The summed E-state index contributed by atoms with van der Waals surface area (Å²) in [6.45, 7) is 0. The third-order valence-corrected chi connectivity index (χ3v) is 16.9. The quantitative estimate of drug-likeness (QED) is 0.166. The highest BCUT2D eigenvalue weighted by molar-refractivity contribution is 6.26. The van der Waals surface area contributed by atoms with Crippen molar-refractivity contribution < 1.29 is 4.42 Å². The van der Waals surface area contributed by atoms with Crippen LogP contribution < -0.4 is 0 Å². The van der Waals surface area contributed by atoms with Gasteiger partial charge in [0.2, 0.25) is 0 Å².